The molecule has 9 nitrogen and oxygen atoms in total. The Morgan fingerprint density at radius 1 is 1.36 bits per heavy atom. The van der Waals surface area contributed by atoms with Gasteiger partial charge in [-0.15, -0.1) is 0 Å². The van der Waals surface area contributed by atoms with E-state index in [0.717, 1.165) is 4.57 Å². The third kappa shape index (κ3) is 3.37. The molecule has 0 spiro atoms. The molecule has 0 saturated carbocycles. The van der Waals surface area contributed by atoms with Crippen molar-refractivity contribution in [3.05, 3.63) is 27.7 Å². The Kier molecular flexibility index (Phi) is 4.75. The Hall–Kier alpha value is -2.12. The molecule has 0 unspecified atom stereocenters. The molecule has 13 heteroatoms. The van der Waals surface area contributed by atoms with E-state index in [2.05, 4.69) is 4.18 Å². The predicted octanol–water partition coefficient (Wildman–Crippen LogP) is 1.46. The maximum atomic E-state index is 12.7. The van der Waals surface area contributed by atoms with Crippen LogP contribution in [0.15, 0.2) is 10.9 Å². The first kappa shape index (κ1) is 20.6. The fourth-order valence-electron chi connectivity index (χ4n) is 3.15. The molecule has 0 bridgehead atoms. The maximum absolute atomic E-state index is 12.7. The summed E-state index contributed by atoms with van der Waals surface area (Å²) in [6.07, 6.45) is -1.70. The molecule has 2 aliphatic rings. The van der Waals surface area contributed by atoms with Gasteiger partial charge in [0, 0.05) is 6.07 Å². The Balaban J connectivity index is 2.20. The number of pyridine rings is 1. The fraction of sp³-hybridized carbons (Fsp3) is 0.600. The highest BCUT2D eigenvalue weighted by Crippen LogP contribution is 2.45. The zero-order valence-electron chi connectivity index (χ0n) is 14.9. The van der Waals surface area contributed by atoms with E-state index < -0.39 is 56.5 Å². The topological polar surface area (TPSA) is 110 Å². The van der Waals surface area contributed by atoms with Gasteiger partial charge in [-0.2, -0.15) is 21.6 Å². The van der Waals surface area contributed by atoms with Crippen LogP contribution in [0.25, 0.3) is 0 Å². The summed E-state index contributed by atoms with van der Waals surface area (Å²) in [4.78, 5) is 24.8. The SMILES string of the molecule is CCOC(=O)c1c(OS(=O)(=O)C(F)(F)F)cc(=O)n2c1[C@@H]1OC(C)(C)O[C@@H]1C2. The summed E-state index contributed by atoms with van der Waals surface area (Å²) in [5.41, 5.74) is -7.43. The van der Waals surface area contributed by atoms with Crippen molar-refractivity contribution in [3.63, 3.8) is 0 Å². The van der Waals surface area contributed by atoms with Crippen molar-refractivity contribution in [2.75, 3.05) is 6.61 Å². The monoisotopic (exact) mass is 427 g/mol. The lowest BCUT2D eigenvalue weighted by atomic mass is 10.1. The number of hydrogen-bond acceptors (Lipinski definition) is 8. The molecule has 0 aliphatic carbocycles. The number of rotatable bonds is 4. The minimum Gasteiger partial charge on any atom is -0.462 e. The number of alkyl halides is 3. The summed E-state index contributed by atoms with van der Waals surface area (Å²) < 4.78 is 82.3. The molecule has 3 rings (SSSR count). The predicted molar refractivity (Wildman–Crippen MR) is 85.0 cm³/mol. The number of nitrogens with zero attached hydrogens (tertiary/aromatic N) is 1. The molecule has 0 radical (unpaired) electrons. The zero-order chi connectivity index (χ0) is 21.1. The van der Waals surface area contributed by atoms with Gasteiger partial charge in [0.15, 0.2) is 11.5 Å². The molecule has 2 aliphatic heterocycles. The largest absolute Gasteiger partial charge is 0.534 e. The van der Waals surface area contributed by atoms with Crippen LogP contribution in [0.3, 0.4) is 0 Å². The number of esters is 1. The van der Waals surface area contributed by atoms with E-state index in [1.54, 1.807) is 13.8 Å². The minimum absolute atomic E-state index is 0.0407. The molecule has 156 valence electrons. The molecule has 1 aromatic heterocycles. The highest BCUT2D eigenvalue weighted by Gasteiger charge is 2.52. The summed E-state index contributed by atoms with van der Waals surface area (Å²) in [6.45, 7) is 4.40. The molecular weight excluding hydrogens is 411 g/mol. The van der Waals surface area contributed by atoms with Gasteiger partial charge < -0.3 is 23.0 Å². The van der Waals surface area contributed by atoms with Crippen LogP contribution >= 0.6 is 0 Å². The van der Waals surface area contributed by atoms with Crippen LogP contribution in [-0.4, -0.2) is 43.0 Å². The summed E-state index contributed by atoms with van der Waals surface area (Å²) in [5.74, 6) is -3.33. The van der Waals surface area contributed by atoms with E-state index >= 15 is 0 Å². The second-order valence-corrected chi connectivity index (χ2v) is 8.05. The first-order valence-corrected chi connectivity index (χ1v) is 9.49. The molecule has 1 fully saturated rings. The second kappa shape index (κ2) is 6.46. The van der Waals surface area contributed by atoms with Gasteiger partial charge in [-0.05, 0) is 20.8 Å². The highest BCUT2D eigenvalue weighted by atomic mass is 32.2. The van der Waals surface area contributed by atoms with Gasteiger partial charge in [0.25, 0.3) is 5.56 Å². The standard InChI is InChI=1S/C15H16F3NO8S/c1-4-24-13(21)10-7(27-28(22,23)15(16,17)18)5-9(20)19-6-8-12(11(10)19)26-14(2,3)25-8/h5,8,12H,4,6H2,1-3H3/t8-,12-/m1/s1. The summed E-state index contributed by atoms with van der Waals surface area (Å²) in [7, 11) is -6.13. The second-order valence-electron chi connectivity index (χ2n) is 6.52. The third-order valence-corrected chi connectivity index (χ3v) is 5.06. The van der Waals surface area contributed by atoms with Gasteiger partial charge in [-0.25, -0.2) is 4.79 Å². The summed E-state index contributed by atoms with van der Waals surface area (Å²) in [6, 6.07) is 0.491. The lowest BCUT2D eigenvalue weighted by Crippen LogP contribution is -2.32. The van der Waals surface area contributed by atoms with Gasteiger partial charge in [-0.1, -0.05) is 0 Å². The molecule has 28 heavy (non-hydrogen) atoms. The van der Waals surface area contributed by atoms with Crippen molar-refractivity contribution < 1.29 is 44.8 Å². The lowest BCUT2D eigenvalue weighted by Gasteiger charge is -2.21. The Labute approximate surface area is 157 Å². The van der Waals surface area contributed by atoms with E-state index in [1.807, 2.05) is 0 Å². The fourth-order valence-corrected chi connectivity index (χ4v) is 3.61. The van der Waals surface area contributed by atoms with E-state index in [-0.39, 0.29) is 18.8 Å². The molecule has 0 aromatic carbocycles. The first-order chi connectivity index (χ1) is 12.8. The highest BCUT2D eigenvalue weighted by molar-refractivity contribution is 7.88. The number of aromatic nitrogens is 1. The van der Waals surface area contributed by atoms with Crippen molar-refractivity contribution in [3.8, 4) is 5.75 Å². The zero-order valence-corrected chi connectivity index (χ0v) is 15.7. The van der Waals surface area contributed by atoms with E-state index in [9.17, 15) is 31.2 Å². The minimum atomic E-state index is -6.13. The number of carbonyl (C=O) groups is 1. The van der Waals surface area contributed by atoms with Crippen LogP contribution in [0.1, 0.15) is 42.9 Å². The molecule has 3 heterocycles. The number of carbonyl (C=O) groups excluding carboxylic acids is 1. The van der Waals surface area contributed by atoms with Crippen molar-refractivity contribution >= 4 is 16.1 Å². The van der Waals surface area contributed by atoms with Crippen molar-refractivity contribution in [1.82, 2.24) is 4.57 Å². The third-order valence-electron chi connectivity index (χ3n) is 4.09. The Morgan fingerprint density at radius 2 is 2.00 bits per heavy atom. The smallest absolute Gasteiger partial charge is 0.462 e. The lowest BCUT2D eigenvalue weighted by molar-refractivity contribution is -0.151. The van der Waals surface area contributed by atoms with Gasteiger partial charge in [0.05, 0.1) is 18.8 Å². The maximum Gasteiger partial charge on any atom is 0.534 e. The van der Waals surface area contributed by atoms with Crippen LogP contribution in [0, 0.1) is 0 Å². The van der Waals surface area contributed by atoms with Gasteiger partial charge in [0.1, 0.15) is 17.8 Å². The quantitative estimate of drug-likeness (QED) is 0.404. The molecule has 0 N–H and O–H groups in total. The average Bonchev–Trinajstić information content (AvgIpc) is 2.99. The Bertz CT molecular complexity index is 982. The molecular formula is C15H16F3NO8S. The molecule has 1 aromatic rings. The van der Waals surface area contributed by atoms with Crippen LogP contribution in [0.4, 0.5) is 13.2 Å². The van der Waals surface area contributed by atoms with E-state index in [1.165, 1.54) is 6.92 Å². The molecule has 1 saturated heterocycles. The number of hydrogen-bond donors (Lipinski definition) is 0. The van der Waals surface area contributed by atoms with Crippen LogP contribution < -0.4 is 9.74 Å². The van der Waals surface area contributed by atoms with Gasteiger partial charge in [-0.3, -0.25) is 4.79 Å². The molecule has 2 atom stereocenters. The Morgan fingerprint density at radius 3 is 2.57 bits per heavy atom. The summed E-state index contributed by atoms with van der Waals surface area (Å²) >= 11 is 0. The van der Waals surface area contributed by atoms with Crippen molar-refractivity contribution in [2.45, 2.75) is 50.8 Å². The van der Waals surface area contributed by atoms with Gasteiger partial charge >= 0.3 is 21.6 Å². The summed E-state index contributed by atoms with van der Waals surface area (Å²) in [5, 5.41) is 0. The van der Waals surface area contributed by atoms with E-state index in [0.29, 0.717) is 6.07 Å². The number of ether oxygens (including phenoxy) is 3. The van der Waals surface area contributed by atoms with Crippen LogP contribution in [0.2, 0.25) is 0 Å². The van der Waals surface area contributed by atoms with E-state index in [4.69, 9.17) is 14.2 Å². The molecule has 0 amide bonds. The van der Waals surface area contributed by atoms with Gasteiger partial charge in [0.2, 0.25) is 0 Å². The normalized spacial score (nSPS) is 23.2. The average molecular weight is 427 g/mol. The first-order valence-electron chi connectivity index (χ1n) is 8.08. The van der Waals surface area contributed by atoms with Crippen LogP contribution in [0.5, 0.6) is 5.75 Å². The van der Waals surface area contributed by atoms with Crippen LogP contribution in [-0.2, 0) is 30.9 Å². The number of fused-ring (bicyclic) bond motifs is 3. The van der Waals surface area contributed by atoms with Crippen molar-refractivity contribution in [2.24, 2.45) is 0 Å². The number of halogens is 3. The van der Waals surface area contributed by atoms with Crippen molar-refractivity contribution in [1.29, 1.82) is 0 Å².